The summed E-state index contributed by atoms with van der Waals surface area (Å²) in [5, 5.41) is 6.42. The third-order valence-electron chi connectivity index (χ3n) is 3.62. The summed E-state index contributed by atoms with van der Waals surface area (Å²) in [6.07, 6.45) is 0. The Hall–Kier alpha value is -2.06. The van der Waals surface area contributed by atoms with E-state index in [0.717, 1.165) is 39.4 Å². The molecule has 1 fully saturated rings. The van der Waals surface area contributed by atoms with Gasteiger partial charge in [0.1, 0.15) is 5.76 Å². The number of ether oxygens (including phenoxy) is 2. The predicted octanol–water partition coefficient (Wildman–Crippen LogP) is 0.454. The molecule has 2 rings (SSSR count). The third kappa shape index (κ3) is 5.86. The fourth-order valence-corrected chi connectivity index (χ4v) is 2.33. The molecule has 0 spiro atoms. The molecule has 8 nitrogen and oxygen atoms in total. The van der Waals surface area contributed by atoms with Crippen LogP contribution in [0.5, 0.6) is 0 Å². The van der Waals surface area contributed by atoms with Crippen molar-refractivity contribution in [1.29, 1.82) is 0 Å². The lowest BCUT2D eigenvalue weighted by Gasteiger charge is -2.26. The second kappa shape index (κ2) is 9.94. The van der Waals surface area contributed by atoms with E-state index >= 15 is 0 Å². The molecule has 0 aliphatic carbocycles. The highest BCUT2D eigenvalue weighted by Crippen LogP contribution is 2.09. The minimum absolute atomic E-state index is 0.212. The van der Waals surface area contributed by atoms with Crippen LogP contribution >= 0.6 is 0 Å². The van der Waals surface area contributed by atoms with Crippen molar-refractivity contribution in [3.8, 4) is 0 Å². The van der Waals surface area contributed by atoms with Gasteiger partial charge >= 0.3 is 5.97 Å². The molecule has 8 heteroatoms. The van der Waals surface area contributed by atoms with Crippen LogP contribution in [0, 0.1) is 0 Å². The number of hydrogen-bond donors (Lipinski definition) is 2. The molecule has 2 heterocycles. The van der Waals surface area contributed by atoms with E-state index in [1.54, 1.807) is 26.1 Å². The molecule has 0 atom stereocenters. The molecule has 0 radical (unpaired) electrons. The van der Waals surface area contributed by atoms with Crippen LogP contribution < -0.4 is 10.6 Å². The normalized spacial score (nSPS) is 16.0. The molecular weight excluding hydrogens is 312 g/mol. The van der Waals surface area contributed by atoms with Gasteiger partial charge in [-0.3, -0.25) is 9.89 Å². The lowest BCUT2D eigenvalue weighted by Crippen LogP contribution is -2.44. The molecular formula is C16H26N4O4. The molecule has 1 aliphatic heterocycles. The number of furan rings is 1. The quantitative estimate of drug-likeness (QED) is 0.424. The lowest BCUT2D eigenvalue weighted by atomic mass is 10.4. The molecule has 0 bridgehead atoms. The predicted molar refractivity (Wildman–Crippen MR) is 90.1 cm³/mol. The van der Waals surface area contributed by atoms with E-state index in [1.165, 1.54) is 0 Å². The Morgan fingerprint density at radius 2 is 2.12 bits per heavy atom. The van der Waals surface area contributed by atoms with E-state index in [4.69, 9.17) is 13.9 Å². The standard InChI is InChI=1S/C16H26N4O4/c1-3-23-15(21)14-5-4-13(24-14)12-19-16(17-2)18-6-7-20-8-10-22-11-9-20/h4-5H,3,6-12H2,1-2H3,(H2,17,18,19). The Morgan fingerprint density at radius 1 is 1.33 bits per heavy atom. The molecule has 0 unspecified atom stereocenters. The first kappa shape index (κ1) is 18.3. The van der Waals surface area contributed by atoms with E-state index in [-0.39, 0.29) is 5.76 Å². The summed E-state index contributed by atoms with van der Waals surface area (Å²) in [6, 6.07) is 3.36. The number of morpholine rings is 1. The van der Waals surface area contributed by atoms with Crippen LogP contribution in [0.25, 0.3) is 0 Å². The second-order valence-electron chi connectivity index (χ2n) is 5.29. The van der Waals surface area contributed by atoms with Gasteiger partial charge < -0.3 is 24.5 Å². The minimum Gasteiger partial charge on any atom is -0.460 e. The molecule has 0 amide bonds. The van der Waals surface area contributed by atoms with Crippen LogP contribution in [0.2, 0.25) is 0 Å². The van der Waals surface area contributed by atoms with E-state index < -0.39 is 5.97 Å². The van der Waals surface area contributed by atoms with Crippen molar-refractivity contribution in [2.75, 3.05) is 53.0 Å². The first-order valence-electron chi connectivity index (χ1n) is 8.23. The number of hydrogen-bond acceptors (Lipinski definition) is 6. The summed E-state index contributed by atoms with van der Waals surface area (Å²) < 4.78 is 15.7. The van der Waals surface area contributed by atoms with Crippen molar-refractivity contribution >= 4 is 11.9 Å². The average molecular weight is 338 g/mol. The van der Waals surface area contributed by atoms with Gasteiger partial charge in [-0.2, -0.15) is 0 Å². The Kier molecular flexibility index (Phi) is 7.57. The molecule has 1 aromatic heterocycles. The van der Waals surface area contributed by atoms with Crippen LogP contribution in [0.15, 0.2) is 21.5 Å². The number of aliphatic imine (C=N–C) groups is 1. The lowest BCUT2D eigenvalue weighted by molar-refractivity contribution is 0.0389. The van der Waals surface area contributed by atoms with Crippen molar-refractivity contribution in [3.63, 3.8) is 0 Å². The maximum absolute atomic E-state index is 11.6. The number of rotatable bonds is 7. The van der Waals surface area contributed by atoms with Gasteiger partial charge in [0.05, 0.1) is 26.4 Å². The van der Waals surface area contributed by atoms with Crippen molar-refractivity contribution < 1.29 is 18.7 Å². The summed E-state index contributed by atoms with van der Waals surface area (Å²) >= 11 is 0. The molecule has 0 aromatic carbocycles. The average Bonchev–Trinajstić information content (AvgIpc) is 3.08. The fraction of sp³-hybridized carbons (Fsp3) is 0.625. The van der Waals surface area contributed by atoms with Crippen LogP contribution in [-0.2, 0) is 16.0 Å². The van der Waals surface area contributed by atoms with Crippen molar-refractivity contribution in [3.05, 3.63) is 23.7 Å². The third-order valence-corrected chi connectivity index (χ3v) is 3.62. The molecule has 1 saturated heterocycles. The van der Waals surface area contributed by atoms with Crippen molar-refractivity contribution in [2.24, 2.45) is 4.99 Å². The second-order valence-corrected chi connectivity index (χ2v) is 5.29. The van der Waals surface area contributed by atoms with Gasteiger partial charge in [-0.05, 0) is 19.1 Å². The molecule has 2 N–H and O–H groups in total. The summed E-state index contributed by atoms with van der Waals surface area (Å²) in [7, 11) is 1.72. The highest BCUT2D eigenvalue weighted by Gasteiger charge is 2.12. The van der Waals surface area contributed by atoms with Gasteiger partial charge in [0.25, 0.3) is 0 Å². The van der Waals surface area contributed by atoms with Crippen LogP contribution in [0.3, 0.4) is 0 Å². The minimum atomic E-state index is -0.447. The summed E-state index contributed by atoms with van der Waals surface area (Å²) in [5.41, 5.74) is 0. The van der Waals surface area contributed by atoms with E-state index in [9.17, 15) is 4.79 Å². The topological polar surface area (TPSA) is 88.3 Å². The number of carbonyl (C=O) groups excluding carboxylic acids is 1. The first-order chi connectivity index (χ1) is 11.7. The van der Waals surface area contributed by atoms with E-state index in [2.05, 4.69) is 20.5 Å². The van der Waals surface area contributed by atoms with Crippen molar-refractivity contribution in [2.45, 2.75) is 13.5 Å². The van der Waals surface area contributed by atoms with Gasteiger partial charge in [-0.1, -0.05) is 0 Å². The van der Waals surface area contributed by atoms with Gasteiger partial charge in [0.2, 0.25) is 5.76 Å². The monoisotopic (exact) mass is 338 g/mol. The number of guanidine groups is 1. The van der Waals surface area contributed by atoms with Gasteiger partial charge in [-0.15, -0.1) is 0 Å². The largest absolute Gasteiger partial charge is 0.460 e. The van der Waals surface area contributed by atoms with Crippen LogP contribution in [0.1, 0.15) is 23.2 Å². The number of nitrogens with one attached hydrogen (secondary N) is 2. The smallest absolute Gasteiger partial charge is 0.374 e. The van der Waals surface area contributed by atoms with Gasteiger partial charge in [0, 0.05) is 33.2 Å². The molecule has 0 saturated carbocycles. The Bertz CT molecular complexity index is 538. The zero-order chi connectivity index (χ0) is 17.2. The molecule has 1 aromatic rings. The Labute approximate surface area is 142 Å². The highest BCUT2D eigenvalue weighted by molar-refractivity contribution is 5.86. The van der Waals surface area contributed by atoms with Crippen LogP contribution in [0.4, 0.5) is 0 Å². The summed E-state index contributed by atoms with van der Waals surface area (Å²) in [5.74, 6) is 1.10. The number of nitrogens with zero attached hydrogens (tertiary/aromatic N) is 2. The fourth-order valence-electron chi connectivity index (χ4n) is 2.33. The SMILES string of the molecule is CCOC(=O)c1ccc(CNC(=NC)NCCN2CCOCC2)o1. The number of esters is 1. The Balaban J connectivity index is 1.70. The van der Waals surface area contributed by atoms with Gasteiger partial charge in [-0.25, -0.2) is 4.79 Å². The maximum atomic E-state index is 11.6. The maximum Gasteiger partial charge on any atom is 0.374 e. The summed E-state index contributed by atoms with van der Waals surface area (Å²) in [4.78, 5) is 18.1. The summed E-state index contributed by atoms with van der Waals surface area (Å²) in [6.45, 7) is 7.80. The van der Waals surface area contributed by atoms with E-state index in [0.29, 0.717) is 24.9 Å². The number of carbonyl (C=O) groups is 1. The zero-order valence-corrected chi connectivity index (χ0v) is 14.3. The van der Waals surface area contributed by atoms with E-state index in [1.807, 2.05) is 0 Å². The molecule has 134 valence electrons. The molecule has 1 aliphatic rings. The highest BCUT2D eigenvalue weighted by atomic mass is 16.5. The molecule has 24 heavy (non-hydrogen) atoms. The van der Waals surface area contributed by atoms with Gasteiger partial charge in [0.15, 0.2) is 5.96 Å². The first-order valence-corrected chi connectivity index (χ1v) is 8.23. The zero-order valence-electron chi connectivity index (χ0n) is 14.3. The van der Waals surface area contributed by atoms with Crippen LogP contribution in [-0.4, -0.2) is 69.9 Å². The Morgan fingerprint density at radius 3 is 2.83 bits per heavy atom. The van der Waals surface area contributed by atoms with Crippen molar-refractivity contribution in [1.82, 2.24) is 15.5 Å².